The number of aromatic nitrogens is 2. The van der Waals surface area contributed by atoms with Gasteiger partial charge in [0.05, 0.1) is 11.0 Å². The molecular formula is C16H21N3. The average molecular weight is 255 g/mol. The minimum Gasteiger partial charge on any atom is -0.310 e. The second kappa shape index (κ2) is 5.66. The van der Waals surface area contributed by atoms with E-state index >= 15 is 0 Å². The third kappa shape index (κ3) is 2.92. The molecule has 0 bridgehead atoms. The molecule has 0 aliphatic heterocycles. The fourth-order valence-electron chi connectivity index (χ4n) is 2.72. The molecule has 2 aromatic rings. The normalized spacial score (nSPS) is 16.7. The summed E-state index contributed by atoms with van der Waals surface area (Å²) in [5.74, 6) is 0.974. The lowest BCUT2D eigenvalue weighted by molar-refractivity contribution is 0.484. The minimum absolute atomic E-state index is 0.408. The van der Waals surface area contributed by atoms with Crippen LogP contribution < -0.4 is 5.32 Å². The molecule has 1 heterocycles. The highest BCUT2D eigenvalue weighted by molar-refractivity contribution is 5.78. The quantitative estimate of drug-likeness (QED) is 0.859. The van der Waals surface area contributed by atoms with Crippen molar-refractivity contribution in [1.29, 1.82) is 0 Å². The van der Waals surface area contributed by atoms with E-state index in [0.29, 0.717) is 6.04 Å². The maximum Gasteiger partial charge on any atom is 0.0934 e. The van der Waals surface area contributed by atoms with Crippen LogP contribution >= 0.6 is 0 Å². The SMILES string of the molecule is CCNC(CCC1CC1)c1cccc2nccnc12. The monoisotopic (exact) mass is 255 g/mol. The number of nitrogens with zero attached hydrogens (tertiary/aromatic N) is 2. The van der Waals surface area contributed by atoms with E-state index in [-0.39, 0.29) is 0 Å². The first-order chi connectivity index (χ1) is 9.38. The fraction of sp³-hybridized carbons (Fsp3) is 0.500. The van der Waals surface area contributed by atoms with E-state index in [4.69, 9.17) is 0 Å². The van der Waals surface area contributed by atoms with Crippen molar-refractivity contribution in [3.8, 4) is 0 Å². The molecule has 1 fully saturated rings. The maximum absolute atomic E-state index is 4.52. The lowest BCUT2D eigenvalue weighted by Gasteiger charge is -2.19. The molecule has 1 aromatic heterocycles. The van der Waals surface area contributed by atoms with E-state index in [1.54, 1.807) is 12.4 Å². The van der Waals surface area contributed by atoms with Crippen molar-refractivity contribution >= 4 is 11.0 Å². The summed E-state index contributed by atoms with van der Waals surface area (Å²) in [7, 11) is 0. The molecule has 1 N–H and O–H groups in total. The van der Waals surface area contributed by atoms with Crippen LogP contribution in [-0.4, -0.2) is 16.5 Å². The van der Waals surface area contributed by atoms with Crippen molar-refractivity contribution in [2.24, 2.45) is 5.92 Å². The Hall–Kier alpha value is -1.48. The molecule has 1 aliphatic rings. The predicted octanol–water partition coefficient (Wildman–Crippen LogP) is 3.47. The zero-order valence-electron chi connectivity index (χ0n) is 11.5. The van der Waals surface area contributed by atoms with Crippen LogP contribution in [-0.2, 0) is 0 Å². The Morgan fingerprint density at radius 2 is 2.11 bits per heavy atom. The van der Waals surface area contributed by atoms with Gasteiger partial charge in [-0.3, -0.25) is 9.97 Å². The average Bonchev–Trinajstić information content (AvgIpc) is 3.27. The first-order valence-corrected chi connectivity index (χ1v) is 7.31. The Morgan fingerprint density at radius 3 is 2.89 bits per heavy atom. The van der Waals surface area contributed by atoms with Crippen molar-refractivity contribution in [3.63, 3.8) is 0 Å². The van der Waals surface area contributed by atoms with E-state index in [0.717, 1.165) is 23.5 Å². The molecule has 3 rings (SSSR count). The van der Waals surface area contributed by atoms with Gasteiger partial charge in [0.2, 0.25) is 0 Å². The summed E-state index contributed by atoms with van der Waals surface area (Å²) in [6, 6.07) is 6.73. The van der Waals surface area contributed by atoms with E-state index in [9.17, 15) is 0 Å². The van der Waals surface area contributed by atoms with Crippen molar-refractivity contribution in [3.05, 3.63) is 36.2 Å². The maximum atomic E-state index is 4.52. The van der Waals surface area contributed by atoms with Gasteiger partial charge in [-0.2, -0.15) is 0 Å². The molecule has 1 aromatic carbocycles. The number of fused-ring (bicyclic) bond motifs is 1. The van der Waals surface area contributed by atoms with Gasteiger partial charge in [-0.1, -0.05) is 31.9 Å². The van der Waals surface area contributed by atoms with E-state index in [2.05, 4.69) is 34.3 Å². The van der Waals surface area contributed by atoms with Crippen molar-refractivity contribution in [2.75, 3.05) is 6.54 Å². The van der Waals surface area contributed by atoms with Crippen molar-refractivity contribution in [2.45, 2.75) is 38.6 Å². The van der Waals surface area contributed by atoms with Crippen LogP contribution in [0.4, 0.5) is 0 Å². The van der Waals surface area contributed by atoms with Gasteiger partial charge in [0, 0.05) is 18.4 Å². The Morgan fingerprint density at radius 1 is 1.26 bits per heavy atom. The van der Waals surface area contributed by atoms with Gasteiger partial charge >= 0.3 is 0 Å². The first-order valence-electron chi connectivity index (χ1n) is 7.31. The molecule has 0 saturated heterocycles. The molecule has 0 radical (unpaired) electrons. The molecule has 100 valence electrons. The smallest absolute Gasteiger partial charge is 0.0934 e. The molecule has 3 heteroatoms. The standard InChI is InChI=1S/C16H21N3/c1-2-17-14(9-8-12-6-7-12)13-4-3-5-15-16(13)19-11-10-18-15/h3-5,10-12,14,17H,2,6-9H2,1H3. The van der Waals surface area contributed by atoms with Crippen LogP contribution in [0.3, 0.4) is 0 Å². The first kappa shape index (κ1) is 12.5. The molecule has 0 spiro atoms. The third-order valence-electron chi connectivity index (χ3n) is 3.92. The van der Waals surface area contributed by atoms with Gasteiger partial charge in [-0.05, 0) is 36.9 Å². The summed E-state index contributed by atoms with van der Waals surface area (Å²) in [5.41, 5.74) is 3.34. The number of rotatable bonds is 6. The lowest BCUT2D eigenvalue weighted by Crippen LogP contribution is -2.21. The molecule has 0 amide bonds. The van der Waals surface area contributed by atoms with Gasteiger partial charge in [-0.25, -0.2) is 0 Å². The highest BCUT2D eigenvalue weighted by Gasteiger charge is 2.23. The molecular weight excluding hydrogens is 234 g/mol. The van der Waals surface area contributed by atoms with Gasteiger partial charge in [0.1, 0.15) is 0 Å². The van der Waals surface area contributed by atoms with Gasteiger partial charge in [0.25, 0.3) is 0 Å². The summed E-state index contributed by atoms with van der Waals surface area (Å²) in [4.78, 5) is 8.93. The Bertz CT molecular complexity index is 543. The predicted molar refractivity (Wildman–Crippen MR) is 77.9 cm³/mol. The molecule has 1 atom stereocenters. The Balaban J connectivity index is 1.89. The van der Waals surface area contributed by atoms with Crippen LogP contribution in [0.15, 0.2) is 30.6 Å². The van der Waals surface area contributed by atoms with Gasteiger partial charge in [0.15, 0.2) is 0 Å². The highest BCUT2D eigenvalue weighted by Crippen LogP contribution is 2.36. The molecule has 1 aliphatic carbocycles. The minimum atomic E-state index is 0.408. The number of benzene rings is 1. The summed E-state index contributed by atoms with van der Waals surface area (Å²) in [6.45, 7) is 3.16. The van der Waals surface area contributed by atoms with Crippen molar-refractivity contribution < 1.29 is 0 Å². The van der Waals surface area contributed by atoms with E-state index in [1.807, 2.05) is 6.07 Å². The van der Waals surface area contributed by atoms with E-state index < -0.39 is 0 Å². The molecule has 1 saturated carbocycles. The largest absolute Gasteiger partial charge is 0.310 e. The summed E-state index contributed by atoms with van der Waals surface area (Å²) in [5, 5.41) is 3.61. The Kier molecular flexibility index (Phi) is 3.74. The topological polar surface area (TPSA) is 37.8 Å². The highest BCUT2D eigenvalue weighted by atomic mass is 14.9. The number of hydrogen-bond donors (Lipinski definition) is 1. The summed E-state index contributed by atoms with van der Waals surface area (Å²) < 4.78 is 0. The van der Waals surface area contributed by atoms with Crippen LogP contribution in [0.2, 0.25) is 0 Å². The van der Waals surface area contributed by atoms with Crippen LogP contribution in [0.25, 0.3) is 11.0 Å². The number of hydrogen-bond acceptors (Lipinski definition) is 3. The van der Waals surface area contributed by atoms with E-state index in [1.165, 1.54) is 31.2 Å². The zero-order valence-corrected chi connectivity index (χ0v) is 11.5. The summed E-state index contributed by atoms with van der Waals surface area (Å²) >= 11 is 0. The van der Waals surface area contributed by atoms with Crippen LogP contribution in [0, 0.1) is 5.92 Å². The third-order valence-corrected chi connectivity index (χ3v) is 3.92. The molecule has 1 unspecified atom stereocenters. The second-order valence-corrected chi connectivity index (χ2v) is 5.40. The number of para-hydroxylation sites is 1. The fourth-order valence-corrected chi connectivity index (χ4v) is 2.72. The number of nitrogens with one attached hydrogen (secondary N) is 1. The molecule has 19 heavy (non-hydrogen) atoms. The van der Waals surface area contributed by atoms with Gasteiger partial charge < -0.3 is 5.32 Å². The Labute approximate surface area is 114 Å². The van der Waals surface area contributed by atoms with Crippen LogP contribution in [0.1, 0.15) is 44.2 Å². The van der Waals surface area contributed by atoms with Crippen molar-refractivity contribution in [1.82, 2.24) is 15.3 Å². The second-order valence-electron chi connectivity index (χ2n) is 5.40. The van der Waals surface area contributed by atoms with Crippen LogP contribution in [0.5, 0.6) is 0 Å². The zero-order chi connectivity index (χ0) is 13.1. The molecule has 3 nitrogen and oxygen atoms in total. The lowest BCUT2D eigenvalue weighted by atomic mass is 9.99. The summed E-state index contributed by atoms with van der Waals surface area (Å²) in [6.07, 6.45) is 8.93. The van der Waals surface area contributed by atoms with Gasteiger partial charge in [-0.15, -0.1) is 0 Å².